The number of aromatic amines is 1. The molecule has 5 heteroatoms. The molecule has 3 aromatic rings. The summed E-state index contributed by atoms with van der Waals surface area (Å²) in [5.74, 6) is -0.826. The van der Waals surface area contributed by atoms with Gasteiger partial charge in [-0.1, -0.05) is 6.07 Å². The van der Waals surface area contributed by atoms with Crippen molar-refractivity contribution in [3.63, 3.8) is 0 Å². The summed E-state index contributed by atoms with van der Waals surface area (Å²) in [6.45, 7) is 0. The van der Waals surface area contributed by atoms with Crippen LogP contribution in [0.15, 0.2) is 42.5 Å². The van der Waals surface area contributed by atoms with Crippen molar-refractivity contribution in [2.75, 3.05) is 0 Å². The van der Waals surface area contributed by atoms with Gasteiger partial charge in [-0.2, -0.15) is 0 Å². The molecular formula is C17H14FNO3. The number of carbonyl (C=O) groups excluding carboxylic acids is 1. The lowest BCUT2D eigenvalue weighted by atomic mass is 10.1. The Morgan fingerprint density at radius 2 is 1.86 bits per heavy atom. The van der Waals surface area contributed by atoms with E-state index in [9.17, 15) is 19.4 Å². The lowest BCUT2D eigenvalue weighted by molar-refractivity contribution is 0.0979. The Morgan fingerprint density at radius 3 is 2.64 bits per heavy atom. The predicted molar refractivity (Wildman–Crippen MR) is 80.7 cm³/mol. The van der Waals surface area contributed by atoms with Gasteiger partial charge in [0.15, 0.2) is 17.3 Å². The molecule has 0 radical (unpaired) electrons. The number of benzene rings is 2. The summed E-state index contributed by atoms with van der Waals surface area (Å²) in [6, 6.07) is 10.4. The zero-order chi connectivity index (χ0) is 15.7. The number of hydrogen-bond acceptors (Lipinski definition) is 3. The SMILES string of the molecule is O=C(CCc1ccc(O)c(O)c1)c1cc2cc(F)ccc2[nH]1. The van der Waals surface area contributed by atoms with Gasteiger partial charge in [0.2, 0.25) is 0 Å². The lowest BCUT2D eigenvalue weighted by Gasteiger charge is -2.02. The molecule has 0 aliphatic carbocycles. The number of phenols is 2. The number of carbonyl (C=O) groups is 1. The fourth-order valence-electron chi connectivity index (χ4n) is 2.37. The van der Waals surface area contributed by atoms with Crippen LogP contribution in [0.4, 0.5) is 4.39 Å². The van der Waals surface area contributed by atoms with Gasteiger partial charge in [-0.25, -0.2) is 4.39 Å². The first kappa shape index (κ1) is 14.1. The van der Waals surface area contributed by atoms with Crippen LogP contribution >= 0.6 is 0 Å². The Morgan fingerprint density at radius 1 is 1.05 bits per heavy atom. The normalized spacial score (nSPS) is 11.0. The number of phenolic OH excluding ortho intramolecular Hbond substituents is 2. The van der Waals surface area contributed by atoms with Gasteiger partial charge in [-0.05, 0) is 48.4 Å². The van der Waals surface area contributed by atoms with Crippen LogP contribution in [-0.4, -0.2) is 21.0 Å². The van der Waals surface area contributed by atoms with Crippen molar-refractivity contribution in [3.8, 4) is 11.5 Å². The Labute approximate surface area is 125 Å². The van der Waals surface area contributed by atoms with Gasteiger partial charge < -0.3 is 15.2 Å². The maximum Gasteiger partial charge on any atom is 0.179 e. The summed E-state index contributed by atoms with van der Waals surface area (Å²) >= 11 is 0. The third kappa shape index (κ3) is 2.79. The van der Waals surface area contributed by atoms with Crippen molar-refractivity contribution >= 4 is 16.7 Å². The largest absolute Gasteiger partial charge is 0.504 e. The molecule has 0 fully saturated rings. The number of ketones is 1. The molecule has 4 nitrogen and oxygen atoms in total. The second-order valence-electron chi connectivity index (χ2n) is 5.16. The van der Waals surface area contributed by atoms with Crippen LogP contribution in [0.1, 0.15) is 22.5 Å². The average Bonchev–Trinajstić information content (AvgIpc) is 2.91. The van der Waals surface area contributed by atoms with E-state index < -0.39 is 0 Å². The zero-order valence-electron chi connectivity index (χ0n) is 11.6. The Balaban J connectivity index is 1.74. The first-order valence-electron chi connectivity index (χ1n) is 6.85. The van der Waals surface area contributed by atoms with Gasteiger partial charge in [-0.3, -0.25) is 4.79 Å². The predicted octanol–water partition coefficient (Wildman–Crippen LogP) is 3.53. The van der Waals surface area contributed by atoms with E-state index in [4.69, 9.17) is 0 Å². The molecule has 3 N–H and O–H groups in total. The molecule has 3 rings (SSSR count). The van der Waals surface area contributed by atoms with E-state index in [0.717, 1.165) is 5.56 Å². The van der Waals surface area contributed by atoms with E-state index >= 15 is 0 Å². The van der Waals surface area contributed by atoms with Gasteiger partial charge in [-0.15, -0.1) is 0 Å². The molecule has 112 valence electrons. The van der Waals surface area contributed by atoms with Crippen LogP contribution in [0.3, 0.4) is 0 Å². The van der Waals surface area contributed by atoms with Crippen LogP contribution in [0, 0.1) is 5.82 Å². The number of Topliss-reactive ketones (excluding diaryl/α,β-unsaturated/α-hetero) is 1. The lowest BCUT2D eigenvalue weighted by Crippen LogP contribution is -2.01. The van der Waals surface area contributed by atoms with Crippen molar-refractivity contribution in [1.29, 1.82) is 0 Å². The van der Waals surface area contributed by atoms with Crippen LogP contribution in [0.25, 0.3) is 10.9 Å². The minimum absolute atomic E-state index is 0.0934. The van der Waals surface area contributed by atoms with Crippen LogP contribution in [-0.2, 0) is 6.42 Å². The van der Waals surface area contributed by atoms with Gasteiger partial charge in [0.05, 0.1) is 5.69 Å². The summed E-state index contributed by atoms with van der Waals surface area (Å²) in [5.41, 5.74) is 1.90. The number of aromatic nitrogens is 1. The number of rotatable bonds is 4. The zero-order valence-corrected chi connectivity index (χ0v) is 11.6. The number of aryl methyl sites for hydroxylation is 1. The monoisotopic (exact) mass is 299 g/mol. The first-order chi connectivity index (χ1) is 10.5. The third-order valence-corrected chi connectivity index (χ3v) is 3.56. The van der Waals surface area contributed by atoms with Crippen LogP contribution < -0.4 is 0 Å². The summed E-state index contributed by atoms with van der Waals surface area (Å²) in [4.78, 5) is 15.2. The smallest absolute Gasteiger partial charge is 0.179 e. The second kappa shape index (κ2) is 5.52. The van der Waals surface area contributed by atoms with E-state index in [-0.39, 0.29) is 29.5 Å². The van der Waals surface area contributed by atoms with Gasteiger partial charge >= 0.3 is 0 Å². The minimum atomic E-state index is -0.343. The topological polar surface area (TPSA) is 73.3 Å². The minimum Gasteiger partial charge on any atom is -0.504 e. The summed E-state index contributed by atoms with van der Waals surface area (Å²) in [7, 11) is 0. The van der Waals surface area contributed by atoms with Crippen molar-refractivity contribution in [2.45, 2.75) is 12.8 Å². The highest BCUT2D eigenvalue weighted by molar-refractivity contribution is 5.99. The van der Waals surface area contributed by atoms with E-state index in [0.29, 0.717) is 23.0 Å². The van der Waals surface area contributed by atoms with Gasteiger partial charge in [0, 0.05) is 17.3 Å². The first-order valence-corrected chi connectivity index (χ1v) is 6.85. The van der Waals surface area contributed by atoms with Crippen LogP contribution in [0.5, 0.6) is 11.5 Å². The molecule has 2 aromatic carbocycles. The summed E-state index contributed by atoms with van der Waals surface area (Å²) < 4.78 is 13.1. The van der Waals surface area contributed by atoms with Gasteiger partial charge in [0.25, 0.3) is 0 Å². The second-order valence-corrected chi connectivity index (χ2v) is 5.16. The molecular weight excluding hydrogens is 285 g/mol. The van der Waals surface area contributed by atoms with Crippen molar-refractivity contribution in [3.05, 3.63) is 59.5 Å². The quantitative estimate of drug-likeness (QED) is 0.509. The molecule has 1 aromatic heterocycles. The highest BCUT2D eigenvalue weighted by Crippen LogP contribution is 2.25. The Bertz CT molecular complexity index is 854. The van der Waals surface area contributed by atoms with E-state index in [1.165, 1.54) is 24.3 Å². The summed E-state index contributed by atoms with van der Waals surface area (Å²) in [6.07, 6.45) is 0.690. The molecule has 0 unspecified atom stereocenters. The van der Waals surface area contributed by atoms with E-state index in [2.05, 4.69) is 4.98 Å². The molecule has 0 aliphatic heterocycles. The molecule has 0 spiro atoms. The van der Waals surface area contributed by atoms with Crippen molar-refractivity contribution in [1.82, 2.24) is 4.98 Å². The van der Waals surface area contributed by atoms with E-state index in [1.54, 1.807) is 18.2 Å². The van der Waals surface area contributed by atoms with Gasteiger partial charge in [0.1, 0.15) is 5.82 Å². The van der Waals surface area contributed by atoms with Crippen molar-refractivity contribution in [2.24, 2.45) is 0 Å². The molecule has 22 heavy (non-hydrogen) atoms. The number of nitrogens with one attached hydrogen (secondary N) is 1. The number of hydrogen-bond donors (Lipinski definition) is 3. The molecule has 1 heterocycles. The maximum absolute atomic E-state index is 13.1. The van der Waals surface area contributed by atoms with Crippen LogP contribution in [0.2, 0.25) is 0 Å². The number of fused-ring (bicyclic) bond motifs is 1. The molecule has 0 atom stereocenters. The Hall–Kier alpha value is -2.82. The maximum atomic E-state index is 13.1. The number of H-pyrrole nitrogens is 1. The third-order valence-electron chi connectivity index (χ3n) is 3.56. The number of halogens is 1. The molecule has 0 saturated heterocycles. The highest BCUT2D eigenvalue weighted by atomic mass is 19.1. The standard InChI is InChI=1S/C17H14FNO3/c18-12-3-4-13-11(8-12)9-14(19-13)15(20)5-1-10-2-6-16(21)17(22)7-10/h2-4,6-9,19,21-22H,1,5H2. The Kier molecular flexibility index (Phi) is 3.55. The molecule has 0 saturated carbocycles. The molecule has 0 bridgehead atoms. The number of aromatic hydroxyl groups is 2. The molecule has 0 aliphatic rings. The summed E-state index contributed by atoms with van der Waals surface area (Å²) in [5, 5.41) is 19.3. The average molecular weight is 299 g/mol. The highest BCUT2D eigenvalue weighted by Gasteiger charge is 2.11. The molecule has 0 amide bonds. The fraction of sp³-hybridized carbons (Fsp3) is 0.118. The van der Waals surface area contributed by atoms with E-state index in [1.807, 2.05) is 0 Å². The fourth-order valence-corrected chi connectivity index (χ4v) is 2.37. The van der Waals surface area contributed by atoms with Crippen molar-refractivity contribution < 1.29 is 19.4 Å².